The van der Waals surface area contributed by atoms with Gasteiger partial charge in [0.15, 0.2) is 9.84 Å². The predicted molar refractivity (Wildman–Crippen MR) is 105 cm³/mol. The minimum atomic E-state index is -3.36. The lowest BCUT2D eigenvalue weighted by molar-refractivity contribution is -0.137. The van der Waals surface area contributed by atoms with Gasteiger partial charge in [-0.2, -0.15) is 5.26 Å². The second-order valence-electron chi connectivity index (χ2n) is 7.44. The van der Waals surface area contributed by atoms with E-state index < -0.39 is 15.9 Å². The van der Waals surface area contributed by atoms with Gasteiger partial charge in [0.1, 0.15) is 0 Å². The standard InChI is InChI=1S/C19H26N4O5S/c20-10-15-2-4-18(5-3-15)29(26,27)9-1-7-22-11-16-13-23(8-6-21-19(24)25)14-17(12-22)28-16/h2-5,16-17,21H,1,6-9,11-14H2,(H,24,25). The van der Waals surface area contributed by atoms with Gasteiger partial charge in [0.2, 0.25) is 0 Å². The molecule has 2 N–H and O–H groups in total. The zero-order valence-corrected chi connectivity index (χ0v) is 17.0. The fourth-order valence-corrected chi connectivity index (χ4v) is 5.18. The van der Waals surface area contributed by atoms with Gasteiger partial charge in [-0.1, -0.05) is 0 Å². The lowest BCUT2D eigenvalue weighted by Crippen LogP contribution is -2.60. The fraction of sp³-hybridized carbons (Fsp3) is 0.579. The van der Waals surface area contributed by atoms with E-state index in [4.69, 9.17) is 15.1 Å². The molecule has 158 valence electrons. The number of hydrogen-bond acceptors (Lipinski definition) is 7. The van der Waals surface area contributed by atoms with Crippen molar-refractivity contribution in [2.75, 3.05) is 51.6 Å². The molecule has 1 aromatic rings. The van der Waals surface area contributed by atoms with Crippen LogP contribution in [0.25, 0.3) is 0 Å². The van der Waals surface area contributed by atoms with E-state index in [0.717, 1.165) is 26.2 Å². The third-order valence-electron chi connectivity index (χ3n) is 5.17. The van der Waals surface area contributed by atoms with Crippen molar-refractivity contribution in [3.63, 3.8) is 0 Å². The van der Waals surface area contributed by atoms with Crippen molar-refractivity contribution in [3.8, 4) is 6.07 Å². The average Bonchev–Trinajstić information content (AvgIpc) is 2.67. The molecule has 1 aromatic carbocycles. The van der Waals surface area contributed by atoms with E-state index in [1.807, 2.05) is 6.07 Å². The van der Waals surface area contributed by atoms with E-state index in [1.54, 1.807) is 0 Å². The van der Waals surface area contributed by atoms with Crippen LogP contribution in [0.15, 0.2) is 29.2 Å². The molecule has 2 heterocycles. The molecule has 1 amide bonds. The number of amides is 1. The van der Waals surface area contributed by atoms with Gasteiger partial charge in [0, 0.05) is 39.3 Å². The minimum absolute atomic E-state index is 0.0578. The van der Waals surface area contributed by atoms with E-state index in [1.165, 1.54) is 24.3 Å². The number of benzene rings is 1. The Bertz CT molecular complexity index is 838. The molecule has 2 aliphatic heterocycles. The van der Waals surface area contributed by atoms with Gasteiger partial charge in [-0.25, -0.2) is 13.2 Å². The highest BCUT2D eigenvalue weighted by Crippen LogP contribution is 2.20. The zero-order chi connectivity index (χ0) is 20.9. The van der Waals surface area contributed by atoms with Crippen LogP contribution in [0.5, 0.6) is 0 Å². The maximum Gasteiger partial charge on any atom is 0.404 e. The number of nitrogens with one attached hydrogen (secondary N) is 1. The molecule has 2 aliphatic rings. The molecule has 0 aliphatic carbocycles. The number of ether oxygens (including phenoxy) is 1. The van der Waals surface area contributed by atoms with Crippen molar-refractivity contribution in [1.29, 1.82) is 5.26 Å². The SMILES string of the molecule is N#Cc1ccc(S(=O)(=O)CCCN2CC3CN(CCNC(=O)O)CC(C2)O3)cc1. The van der Waals surface area contributed by atoms with Crippen LogP contribution in [0.4, 0.5) is 4.79 Å². The first-order chi connectivity index (χ1) is 13.9. The Labute approximate surface area is 170 Å². The average molecular weight is 423 g/mol. The Hall–Kier alpha value is -2.19. The lowest BCUT2D eigenvalue weighted by atomic mass is 10.1. The Morgan fingerprint density at radius 1 is 1.14 bits per heavy atom. The molecule has 2 atom stereocenters. The van der Waals surface area contributed by atoms with Crippen LogP contribution in [-0.2, 0) is 14.6 Å². The van der Waals surface area contributed by atoms with Crippen molar-refractivity contribution in [3.05, 3.63) is 29.8 Å². The maximum absolute atomic E-state index is 12.5. The molecule has 3 rings (SSSR count). The quantitative estimate of drug-likeness (QED) is 0.616. The second-order valence-corrected chi connectivity index (χ2v) is 9.55. The van der Waals surface area contributed by atoms with Gasteiger partial charge in [-0.3, -0.25) is 9.80 Å². The highest BCUT2D eigenvalue weighted by Gasteiger charge is 2.34. The lowest BCUT2D eigenvalue weighted by Gasteiger charge is -2.45. The van der Waals surface area contributed by atoms with Gasteiger partial charge >= 0.3 is 6.09 Å². The van der Waals surface area contributed by atoms with Gasteiger partial charge in [-0.05, 0) is 37.2 Å². The van der Waals surface area contributed by atoms with Gasteiger partial charge in [0.25, 0.3) is 0 Å². The van der Waals surface area contributed by atoms with Crippen molar-refractivity contribution in [2.24, 2.45) is 0 Å². The first-order valence-electron chi connectivity index (χ1n) is 9.65. The Morgan fingerprint density at radius 2 is 1.72 bits per heavy atom. The summed E-state index contributed by atoms with van der Waals surface area (Å²) in [6.07, 6.45) is -0.362. The first kappa shape index (κ1) is 21.5. The molecule has 0 aromatic heterocycles. The number of carboxylic acid groups (broad SMARTS) is 1. The molecular formula is C19H26N4O5S. The highest BCUT2D eigenvalue weighted by molar-refractivity contribution is 7.91. The molecule has 2 fully saturated rings. The molecule has 2 saturated heterocycles. The number of morpholine rings is 2. The summed E-state index contributed by atoms with van der Waals surface area (Å²) in [6, 6.07) is 8.00. The summed E-state index contributed by atoms with van der Waals surface area (Å²) in [4.78, 5) is 15.3. The number of hydrogen-bond donors (Lipinski definition) is 2. The monoisotopic (exact) mass is 422 g/mol. The molecule has 9 nitrogen and oxygen atoms in total. The summed E-state index contributed by atoms with van der Waals surface area (Å²) >= 11 is 0. The summed E-state index contributed by atoms with van der Waals surface area (Å²) < 4.78 is 30.9. The summed E-state index contributed by atoms with van der Waals surface area (Å²) in [5.41, 5.74) is 0.441. The molecule has 0 saturated carbocycles. The van der Waals surface area contributed by atoms with Gasteiger partial charge in [-0.15, -0.1) is 0 Å². The summed E-state index contributed by atoms with van der Waals surface area (Å²) in [6.45, 7) is 4.73. The van der Waals surface area contributed by atoms with Crippen LogP contribution in [0.1, 0.15) is 12.0 Å². The maximum atomic E-state index is 12.5. The van der Waals surface area contributed by atoms with Crippen LogP contribution < -0.4 is 5.32 Å². The van der Waals surface area contributed by atoms with E-state index in [9.17, 15) is 13.2 Å². The number of carbonyl (C=O) groups is 1. The third kappa shape index (κ3) is 6.14. The van der Waals surface area contributed by atoms with E-state index in [-0.39, 0.29) is 22.9 Å². The van der Waals surface area contributed by atoms with Crippen molar-refractivity contribution >= 4 is 15.9 Å². The zero-order valence-electron chi connectivity index (χ0n) is 16.2. The summed E-state index contributed by atoms with van der Waals surface area (Å²) in [7, 11) is -3.36. The van der Waals surface area contributed by atoms with Crippen LogP contribution in [0, 0.1) is 11.3 Å². The largest absolute Gasteiger partial charge is 0.465 e. The van der Waals surface area contributed by atoms with Crippen LogP contribution in [0.2, 0.25) is 0 Å². The van der Waals surface area contributed by atoms with E-state index in [0.29, 0.717) is 31.6 Å². The normalized spacial score (nSPS) is 22.7. The Kier molecular flexibility index (Phi) is 7.08. The van der Waals surface area contributed by atoms with E-state index >= 15 is 0 Å². The van der Waals surface area contributed by atoms with Crippen LogP contribution in [0.3, 0.4) is 0 Å². The molecule has 10 heteroatoms. The van der Waals surface area contributed by atoms with Crippen LogP contribution >= 0.6 is 0 Å². The molecular weight excluding hydrogens is 396 g/mol. The molecule has 2 bridgehead atoms. The highest BCUT2D eigenvalue weighted by atomic mass is 32.2. The van der Waals surface area contributed by atoms with Gasteiger partial charge < -0.3 is 15.2 Å². The van der Waals surface area contributed by atoms with Gasteiger partial charge in [0.05, 0.1) is 34.5 Å². The van der Waals surface area contributed by atoms with Crippen molar-refractivity contribution < 1.29 is 23.1 Å². The predicted octanol–water partition coefficient (Wildman–Crippen LogP) is 0.375. The fourth-order valence-electron chi connectivity index (χ4n) is 3.88. The minimum Gasteiger partial charge on any atom is -0.465 e. The molecule has 0 spiro atoms. The number of rotatable bonds is 8. The van der Waals surface area contributed by atoms with Crippen LogP contribution in [-0.4, -0.2) is 93.2 Å². The number of sulfone groups is 1. The summed E-state index contributed by atoms with van der Waals surface area (Å²) in [5, 5.41) is 19.9. The topological polar surface area (TPSA) is 123 Å². The molecule has 0 radical (unpaired) electrons. The second kappa shape index (κ2) is 9.54. The first-order valence-corrected chi connectivity index (χ1v) is 11.3. The molecule has 29 heavy (non-hydrogen) atoms. The van der Waals surface area contributed by atoms with Crippen molar-refractivity contribution in [1.82, 2.24) is 15.1 Å². The number of fused-ring (bicyclic) bond motifs is 2. The van der Waals surface area contributed by atoms with E-state index in [2.05, 4.69) is 15.1 Å². The number of nitriles is 1. The smallest absolute Gasteiger partial charge is 0.404 e. The summed E-state index contributed by atoms with van der Waals surface area (Å²) in [5.74, 6) is 0.0680. The van der Waals surface area contributed by atoms with Crippen molar-refractivity contribution in [2.45, 2.75) is 23.5 Å². The molecule has 2 unspecified atom stereocenters. The Morgan fingerprint density at radius 3 is 2.28 bits per heavy atom. The Balaban J connectivity index is 1.43. The third-order valence-corrected chi connectivity index (χ3v) is 6.98. The number of nitrogens with zero attached hydrogens (tertiary/aromatic N) is 3.